The van der Waals surface area contributed by atoms with Crippen molar-refractivity contribution in [2.24, 2.45) is 0 Å². The zero-order chi connectivity index (χ0) is 16.1. The van der Waals surface area contributed by atoms with E-state index in [0.717, 1.165) is 25.1 Å². The summed E-state index contributed by atoms with van der Waals surface area (Å²) in [5, 5.41) is 6.64. The minimum absolute atomic E-state index is 0.00747. The Morgan fingerprint density at radius 2 is 2.14 bits per heavy atom. The summed E-state index contributed by atoms with van der Waals surface area (Å²) in [6.45, 7) is 2.97. The van der Waals surface area contributed by atoms with Gasteiger partial charge in [-0.3, -0.25) is 9.59 Å². The first-order valence-corrected chi connectivity index (χ1v) is 7.95. The Labute approximate surface area is 139 Å². The van der Waals surface area contributed by atoms with E-state index >= 15 is 0 Å². The Morgan fingerprint density at radius 3 is 2.82 bits per heavy atom. The van der Waals surface area contributed by atoms with Crippen LogP contribution in [0.3, 0.4) is 0 Å². The van der Waals surface area contributed by atoms with Gasteiger partial charge in [-0.1, -0.05) is 23.2 Å². The fourth-order valence-corrected chi connectivity index (χ4v) is 3.06. The first-order valence-electron chi connectivity index (χ1n) is 7.19. The van der Waals surface area contributed by atoms with Crippen molar-refractivity contribution in [1.29, 1.82) is 0 Å². The molecular weight excluding hydrogens is 325 g/mol. The van der Waals surface area contributed by atoms with Crippen molar-refractivity contribution in [1.82, 2.24) is 10.6 Å². The summed E-state index contributed by atoms with van der Waals surface area (Å²) in [6, 6.07) is 5.47. The number of nitrogens with zero attached hydrogens (tertiary/aromatic N) is 1. The highest BCUT2D eigenvalue weighted by Gasteiger charge is 2.22. The Bertz CT molecular complexity index is 566. The summed E-state index contributed by atoms with van der Waals surface area (Å²) in [5.74, 6) is -0.391. The van der Waals surface area contributed by atoms with Crippen molar-refractivity contribution in [3.8, 4) is 0 Å². The molecular formula is C15H19Cl2N3O2. The third kappa shape index (κ3) is 4.78. The molecule has 1 aromatic rings. The molecule has 0 radical (unpaired) electrons. The van der Waals surface area contributed by atoms with Gasteiger partial charge < -0.3 is 15.5 Å². The number of carbonyl (C=O) groups excluding carboxylic acids is 2. The lowest BCUT2D eigenvalue weighted by Gasteiger charge is -2.35. The molecule has 2 N–H and O–H groups in total. The molecule has 2 rings (SSSR count). The quantitative estimate of drug-likeness (QED) is 0.880. The second-order valence-electron chi connectivity index (χ2n) is 5.36. The zero-order valence-electron chi connectivity index (χ0n) is 12.4. The van der Waals surface area contributed by atoms with E-state index in [0.29, 0.717) is 16.6 Å². The monoisotopic (exact) mass is 343 g/mol. The molecule has 0 saturated carbocycles. The number of rotatable bonds is 4. The molecule has 0 spiro atoms. The van der Waals surface area contributed by atoms with Crippen LogP contribution in [0.25, 0.3) is 0 Å². The number of anilines is 1. The number of amides is 2. The van der Waals surface area contributed by atoms with E-state index in [4.69, 9.17) is 23.2 Å². The van der Waals surface area contributed by atoms with Gasteiger partial charge in [-0.25, -0.2) is 0 Å². The lowest BCUT2D eigenvalue weighted by Crippen LogP contribution is -2.50. The SMILES string of the molecule is CC(=O)NCC(=O)N[C@@H]1CCCN(c2ccc(Cl)cc2Cl)C1. The van der Waals surface area contributed by atoms with E-state index in [1.54, 1.807) is 6.07 Å². The van der Waals surface area contributed by atoms with Crippen molar-refractivity contribution < 1.29 is 9.59 Å². The van der Waals surface area contributed by atoms with Crippen molar-refractivity contribution in [3.63, 3.8) is 0 Å². The molecule has 0 aromatic heterocycles. The molecule has 120 valence electrons. The third-order valence-corrected chi connectivity index (χ3v) is 4.07. The Balaban J connectivity index is 1.94. The van der Waals surface area contributed by atoms with Crippen molar-refractivity contribution in [2.45, 2.75) is 25.8 Å². The predicted octanol–water partition coefficient (Wildman–Crippen LogP) is 2.21. The van der Waals surface area contributed by atoms with Gasteiger partial charge in [0.25, 0.3) is 0 Å². The van der Waals surface area contributed by atoms with E-state index in [9.17, 15) is 9.59 Å². The van der Waals surface area contributed by atoms with Crippen LogP contribution in [0.5, 0.6) is 0 Å². The van der Waals surface area contributed by atoms with Crippen molar-refractivity contribution in [2.75, 3.05) is 24.5 Å². The van der Waals surface area contributed by atoms with Gasteiger partial charge in [0.05, 0.1) is 17.3 Å². The Kier molecular flexibility index (Phi) is 5.91. The van der Waals surface area contributed by atoms with E-state index in [1.807, 2.05) is 12.1 Å². The Hall–Kier alpha value is -1.46. The second kappa shape index (κ2) is 7.70. The summed E-state index contributed by atoms with van der Waals surface area (Å²) >= 11 is 12.2. The fourth-order valence-electron chi connectivity index (χ4n) is 2.53. The zero-order valence-corrected chi connectivity index (χ0v) is 13.9. The smallest absolute Gasteiger partial charge is 0.239 e. The molecule has 2 amide bonds. The number of halogens is 2. The number of nitrogens with one attached hydrogen (secondary N) is 2. The molecule has 1 aliphatic heterocycles. The predicted molar refractivity (Wildman–Crippen MR) is 88.5 cm³/mol. The number of hydrogen-bond donors (Lipinski definition) is 2. The van der Waals surface area contributed by atoms with E-state index < -0.39 is 0 Å². The maximum atomic E-state index is 11.8. The third-order valence-electron chi connectivity index (χ3n) is 3.53. The molecule has 1 saturated heterocycles. The topological polar surface area (TPSA) is 61.4 Å². The van der Waals surface area contributed by atoms with Crippen LogP contribution in [0.4, 0.5) is 5.69 Å². The summed E-state index contributed by atoms with van der Waals surface area (Å²) in [5.41, 5.74) is 0.923. The van der Waals surface area contributed by atoms with Gasteiger partial charge in [-0.2, -0.15) is 0 Å². The first-order chi connectivity index (χ1) is 10.5. The van der Waals surface area contributed by atoms with Crippen molar-refractivity contribution >= 4 is 40.7 Å². The van der Waals surface area contributed by atoms with Crippen LogP contribution in [0.2, 0.25) is 10.0 Å². The highest BCUT2D eigenvalue weighted by atomic mass is 35.5. The molecule has 1 heterocycles. The van der Waals surface area contributed by atoms with Gasteiger partial charge in [0.1, 0.15) is 0 Å². The Morgan fingerprint density at radius 1 is 1.36 bits per heavy atom. The molecule has 5 nitrogen and oxygen atoms in total. The second-order valence-corrected chi connectivity index (χ2v) is 6.20. The minimum Gasteiger partial charge on any atom is -0.368 e. The summed E-state index contributed by atoms with van der Waals surface area (Å²) < 4.78 is 0. The highest BCUT2D eigenvalue weighted by Crippen LogP contribution is 2.30. The summed E-state index contributed by atoms with van der Waals surface area (Å²) in [4.78, 5) is 24.7. The summed E-state index contributed by atoms with van der Waals surface area (Å²) in [6.07, 6.45) is 1.87. The van der Waals surface area contributed by atoms with Crippen LogP contribution in [0, 0.1) is 0 Å². The molecule has 1 aliphatic rings. The number of carbonyl (C=O) groups is 2. The van der Waals surface area contributed by atoms with Crippen molar-refractivity contribution in [3.05, 3.63) is 28.2 Å². The maximum absolute atomic E-state index is 11.8. The standard InChI is InChI=1S/C15H19Cl2N3O2/c1-10(21)18-8-15(22)19-12-3-2-6-20(9-12)14-5-4-11(16)7-13(14)17/h4-5,7,12H,2-3,6,8-9H2,1H3,(H,18,21)(H,19,22)/t12-/m1/s1. The van der Waals surface area contributed by atoms with Crippen LogP contribution < -0.4 is 15.5 Å². The van der Waals surface area contributed by atoms with Gasteiger partial charge in [0, 0.05) is 31.1 Å². The summed E-state index contributed by atoms with van der Waals surface area (Å²) in [7, 11) is 0. The molecule has 22 heavy (non-hydrogen) atoms. The van der Waals surface area contributed by atoms with E-state index in [1.165, 1.54) is 6.92 Å². The highest BCUT2D eigenvalue weighted by molar-refractivity contribution is 6.36. The lowest BCUT2D eigenvalue weighted by molar-refractivity contribution is -0.125. The van der Waals surface area contributed by atoms with Gasteiger partial charge in [-0.05, 0) is 31.0 Å². The normalized spacial score (nSPS) is 18.0. The molecule has 7 heteroatoms. The fraction of sp³-hybridized carbons (Fsp3) is 0.467. The molecule has 1 aromatic carbocycles. The minimum atomic E-state index is -0.214. The number of hydrogen-bond acceptors (Lipinski definition) is 3. The average Bonchev–Trinajstić information content (AvgIpc) is 2.45. The number of piperidine rings is 1. The van der Waals surface area contributed by atoms with Gasteiger partial charge in [0.15, 0.2) is 0 Å². The molecule has 0 aliphatic carbocycles. The van der Waals surface area contributed by atoms with Gasteiger partial charge in [0.2, 0.25) is 11.8 Å². The van der Waals surface area contributed by atoms with Crippen LogP contribution in [-0.2, 0) is 9.59 Å². The van der Waals surface area contributed by atoms with Gasteiger partial charge >= 0.3 is 0 Å². The van der Waals surface area contributed by atoms with Crippen LogP contribution in [0.15, 0.2) is 18.2 Å². The molecule has 1 atom stereocenters. The molecule has 1 fully saturated rings. The maximum Gasteiger partial charge on any atom is 0.239 e. The first kappa shape index (κ1) is 16.9. The van der Waals surface area contributed by atoms with Crippen LogP contribution in [-0.4, -0.2) is 37.5 Å². The molecule has 0 unspecified atom stereocenters. The van der Waals surface area contributed by atoms with Crippen LogP contribution in [0.1, 0.15) is 19.8 Å². The molecule has 0 bridgehead atoms. The largest absolute Gasteiger partial charge is 0.368 e. The van der Waals surface area contributed by atoms with Crippen LogP contribution >= 0.6 is 23.2 Å². The van der Waals surface area contributed by atoms with E-state index in [2.05, 4.69) is 15.5 Å². The number of benzene rings is 1. The van der Waals surface area contributed by atoms with Gasteiger partial charge in [-0.15, -0.1) is 0 Å². The average molecular weight is 344 g/mol. The lowest BCUT2D eigenvalue weighted by atomic mass is 10.0. The van der Waals surface area contributed by atoms with E-state index in [-0.39, 0.29) is 24.4 Å².